The summed E-state index contributed by atoms with van der Waals surface area (Å²) in [5.74, 6) is 0.476. The molecule has 0 amide bonds. The van der Waals surface area contributed by atoms with Crippen LogP contribution in [0.1, 0.15) is 42.3 Å². The van der Waals surface area contributed by atoms with Crippen LogP contribution in [-0.2, 0) is 22.7 Å². The monoisotopic (exact) mass is 341 g/mol. The van der Waals surface area contributed by atoms with Crippen molar-refractivity contribution in [2.24, 2.45) is 5.92 Å². The van der Waals surface area contributed by atoms with Crippen molar-refractivity contribution in [1.29, 1.82) is 5.26 Å². The van der Waals surface area contributed by atoms with E-state index in [2.05, 4.69) is 23.6 Å². The topological polar surface area (TPSA) is 81.0 Å². The van der Waals surface area contributed by atoms with Crippen LogP contribution in [-0.4, -0.2) is 15.7 Å². The van der Waals surface area contributed by atoms with Crippen molar-refractivity contribution in [3.05, 3.63) is 46.1 Å². The summed E-state index contributed by atoms with van der Waals surface area (Å²) in [6.45, 7) is 10.9. The summed E-state index contributed by atoms with van der Waals surface area (Å²) in [5, 5.41) is 13.1. The smallest absolute Gasteiger partial charge is 0.349 e. The zero-order valence-electron chi connectivity index (χ0n) is 15.3. The zero-order valence-corrected chi connectivity index (χ0v) is 15.3. The van der Waals surface area contributed by atoms with Crippen molar-refractivity contribution in [2.75, 3.05) is 0 Å². The van der Waals surface area contributed by atoms with Gasteiger partial charge in [0.2, 0.25) is 0 Å². The Morgan fingerprint density at radius 1 is 1.40 bits per heavy atom. The Morgan fingerprint density at radius 2 is 2.12 bits per heavy atom. The maximum atomic E-state index is 12.2. The van der Waals surface area contributed by atoms with E-state index in [1.54, 1.807) is 19.1 Å². The average molecular weight is 341 g/mol. The van der Waals surface area contributed by atoms with Crippen LogP contribution in [0, 0.1) is 38.0 Å². The number of ether oxygens (including phenoxy) is 1. The Hall–Kier alpha value is -2.81. The van der Waals surface area contributed by atoms with E-state index < -0.39 is 5.97 Å². The van der Waals surface area contributed by atoms with Crippen molar-refractivity contribution < 1.29 is 14.1 Å². The Labute approximate surface area is 147 Å². The summed E-state index contributed by atoms with van der Waals surface area (Å²) in [6.07, 6.45) is 1.58. The molecule has 0 unspecified atom stereocenters. The van der Waals surface area contributed by atoms with E-state index in [0.717, 1.165) is 23.5 Å². The van der Waals surface area contributed by atoms with E-state index in [9.17, 15) is 10.1 Å². The van der Waals surface area contributed by atoms with E-state index in [1.165, 1.54) is 0 Å². The number of hydrogen-bond acceptors (Lipinski definition) is 5. The molecule has 0 aliphatic heterocycles. The molecule has 0 aliphatic carbocycles. The second kappa shape index (κ2) is 7.84. The molecule has 0 N–H and O–H groups in total. The van der Waals surface area contributed by atoms with Gasteiger partial charge in [-0.2, -0.15) is 5.26 Å². The van der Waals surface area contributed by atoms with Gasteiger partial charge in [0.15, 0.2) is 0 Å². The first-order valence-corrected chi connectivity index (χ1v) is 8.19. The van der Waals surface area contributed by atoms with Gasteiger partial charge in [-0.05, 0) is 44.4 Å². The van der Waals surface area contributed by atoms with E-state index in [1.807, 2.05) is 26.0 Å². The largest absolute Gasteiger partial charge is 0.455 e. The number of carbonyl (C=O) groups excluding carboxylic acids is 1. The van der Waals surface area contributed by atoms with Crippen LogP contribution >= 0.6 is 0 Å². The van der Waals surface area contributed by atoms with Crippen LogP contribution in [0.2, 0.25) is 0 Å². The first-order valence-electron chi connectivity index (χ1n) is 8.19. The molecule has 0 aliphatic rings. The van der Waals surface area contributed by atoms with E-state index in [4.69, 9.17) is 9.26 Å². The molecule has 25 heavy (non-hydrogen) atoms. The summed E-state index contributed by atoms with van der Waals surface area (Å²) in [6, 6.07) is 5.58. The maximum Gasteiger partial charge on any atom is 0.349 e. The molecule has 0 radical (unpaired) electrons. The molecule has 0 bridgehead atoms. The number of esters is 1. The fourth-order valence-corrected chi connectivity index (χ4v) is 2.62. The highest BCUT2D eigenvalue weighted by atomic mass is 16.5. The Balaban J connectivity index is 2.16. The normalized spacial score (nSPS) is 11.6. The Kier molecular flexibility index (Phi) is 5.81. The van der Waals surface area contributed by atoms with Gasteiger partial charge in [-0.3, -0.25) is 0 Å². The van der Waals surface area contributed by atoms with Gasteiger partial charge < -0.3 is 13.8 Å². The van der Waals surface area contributed by atoms with Gasteiger partial charge in [-0.15, -0.1) is 0 Å². The molecule has 2 aromatic rings. The summed E-state index contributed by atoms with van der Waals surface area (Å²) < 4.78 is 12.3. The summed E-state index contributed by atoms with van der Waals surface area (Å²) in [5.41, 5.74) is 3.45. The lowest BCUT2D eigenvalue weighted by Crippen LogP contribution is -2.08. The molecule has 0 aromatic carbocycles. The lowest BCUT2D eigenvalue weighted by molar-refractivity contribution is -0.139. The number of hydrogen-bond donors (Lipinski definition) is 0. The second-order valence-electron chi connectivity index (χ2n) is 6.51. The molecular formula is C19H23N3O3. The van der Waals surface area contributed by atoms with Gasteiger partial charge in [-0.25, -0.2) is 4.79 Å². The SMILES string of the molecule is Cc1cc(COC(=O)/C(C#N)=C/c2cc(C)n(CC(C)C)c2C)no1. The second-order valence-corrected chi connectivity index (χ2v) is 6.51. The summed E-state index contributed by atoms with van der Waals surface area (Å²) >= 11 is 0. The van der Waals surface area contributed by atoms with Gasteiger partial charge in [0.1, 0.15) is 29.7 Å². The molecular weight excluding hydrogens is 318 g/mol. The van der Waals surface area contributed by atoms with Crippen LogP contribution < -0.4 is 0 Å². The lowest BCUT2D eigenvalue weighted by atomic mass is 10.1. The van der Waals surface area contributed by atoms with Gasteiger partial charge in [-0.1, -0.05) is 19.0 Å². The highest BCUT2D eigenvalue weighted by Crippen LogP contribution is 2.20. The molecule has 2 rings (SSSR count). The minimum Gasteiger partial charge on any atom is -0.455 e. The molecule has 0 fully saturated rings. The minimum atomic E-state index is -0.670. The third-order valence-corrected chi connectivity index (χ3v) is 3.83. The van der Waals surface area contributed by atoms with Crippen molar-refractivity contribution in [1.82, 2.24) is 9.72 Å². The van der Waals surface area contributed by atoms with Crippen molar-refractivity contribution in [3.63, 3.8) is 0 Å². The minimum absolute atomic E-state index is 0.0262. The molecule has 0 spiro atoms. The number of aromatic nitrogens is 2. The van der Waals surface area contributed by atoms with Crippen molar-refractivity contribution in [3.8, 4) is 6.07 Å². The highest BCUT2D eigenvalue weighted by Gasteiger charge is 2.15. The first kappa shape index (κ1) is 18.5. The highest BCUT2D eigenvalue weighted by molar-refractivity contribution is 5.98. The lowest BCUT2D eigenvalue weighted by Gasteiger charge is -2.12. The van der Waals surface area contributed by atoms with Crippen molar-refractivity contribution >= 4 is 12.0 Å². The van der Waals surface area contributed by atoms with E-state index in [-0.39, 0.29) is 12.2 Å². The van der Waals surface area contributed by atoms with Crippen LogP contribution in [0.15, 0.2) is 22.2 Å². The zero-order chi connectivity index (χ0) is 18.6. The summed E-state index contributed by atoms with van der Waals surface area (Å²) in [4.78, 5) is 12.2. The standard InChI is InChI=1S/C19H23N3O3/c1-12(2)10-22-13(3)6-16(15(22)5)8-17(9-20)19(23)24-11-18-7-14(4)25-21-18/h6-8,12H,10-11H2,1-5H3/b17-8+. The van der Waals surface area contributed by atoms with E-state index in [0.29, 0.717) is 17.4 Å². The van der Waals surface area contributed by atoms with Gasteiger partial charge in [0.05, 0.1) is 0 Å². The van der Waals surface area contributed by atoms with Gasteiger partial charge in [0.25, 0.3) is 0 Å². The molecule has 2 heterocycles. The summed E-state index contributed by atoms with van der Waals surface area (Å²) in [7, 11) is 0. The van der Waals surface area contributed by atoms with Crippen LogP contribution in [0.3, 0.4) is 0 Å². The molecule has 0 saturated heterocycles. The number of carbonyl (C=O) groups is 1. The maximum absolute atomic E-state index is 12.2. The first-order chi connectivity index (χ1) is 11.8. The Morgan fingerprint density at radius 3 is 2.68 bits per heavy atom. The number of aryl methyl sites for hydroxylation is 2. The van der Waals surface area contributed by atoms with E-state index >= 15 is 0 Å². The fraction of sp³-hybridized carbons (Fsp3) is 0.421. The number of rotatable bonds is 6. The third kappa shape index (κ3) is 4.60. The molecule has 6 heteroatoms. The van der Waals surface area contributed by atoms with Gasteiger partial charge >= 0.3 is 5.97 Å². The van der Waals surface area contributed by atoms with Gasteiger partial charge in [0, 0.05) is 24.0 Å². The number of nitrogens with zero attached hydrogens (tertiary/aromatic N) is 3. The molecule has 132 valence electrons. The Bertz CT molecular complexity index is 835. The van der Waals surface area contributed by atoms with Crippen LogP contribution in [0.25, 0.3) is 6.08 Å². The third-order valence-electron chi connectivity index (χ3n) is 3.83. The van der Waals surface area contributed by atoms with Crippen LogP contribution in [0.5, 0.6) is 0 Å². The molecule has 0 saturated carbocycles. The fourth-order valence-electron chi connectivity index (χ4n) is 2.62. The predicted octanol–water partition coefficient (Wildman–Crippen LogP) is 3.71. The van der Waals surface area contributed by atoms with Crippen LogP contribution in [0.4, 0.5) is 0 Å². The quantitative estimate of drug-likeness (QED) is 0.454. The average Bonchev–Trinajstić information content (AvgIpc) is 3.08. The molecule has 6 nitrogen and oxygen atoms in total. The number of nitriles is 1. The van der Waals surface area contributed by atoms with Crippen molar-refractivity contribution in [2.45, 2.75) is 47.8 Å². The molecule has 0 atom stereocenters. The predicted molar refractivity (Wildman–Crippen MR) is 93.4 cm³/mol. The molecule has 2 aromatic heterocycles.